The van der Waals surface area contributed by atoms with Crippen molar-refractivity contribution in [3.8, 4) is 0 Å². The summed E-state index contributed by atoms with van der Waals surface area (Å²) in [7, 11) is 0. The molecule has 1 aromatic heterocycles. The second-order valence-electron chi connectivity index (χ2n) is 6.62. The molecule has 0 bridgehead atoms. The fourth-order valence-corrected chi connectivity index (χ4v) is 3.89. The Morgan fingerprint density at radius 3 is 2.70 bits per heavy atom. The van der Waals surface area contributed by atoms with E-state index < -0.39 is 0 Å². The van der Waals surface area contributed by atoms with E-state index in [2.05, 4.69) is 16.0 Å². The van der Waals surface area contributed by atoms with Crippen LogP contribution >= 0.6 is 0 Å². The van der Waals surface area contributed by atoms with Crippen molar-refractivity contribution >= 4 is 5.69 Å². The van der Waals surface area contributed by atoms with Crippen molar-refractivity contribution < 1.29 is 9.13 Å². The van der Waals surface area contributed by atoms with E-state index >= 15 is 0 Å². The maximum absolute atomic E-state index is 13.9. The van der Waals surface area contributed by atoms with Gasteiger partial charge in [0.15, 0.2) is 0 Å². The van der Waals surface area contributed by atoms with Crippen LogP contribution in [0.1, 0.15) is 30.7 Å². The molecule has 0 aliphatic carbocycles. The van der Waals surface area contributed by atoms with E-state index in [1.54, 1.807) is 6.07 Å². The lowest BCUT2D eigenvalue weighted by Gasteiger charge is -2.40. The molecule has 1 aromatic carbocycles. The first-order valence-corrected chi connectivity index (χ1v) is 8.29. The number of anilines is 1. The first kappa shape index (κ1) is 14.6. The normalized spacial score (nSPS) is 23.3. The van der Waals surface area contributed by atoms with Gasteiger partial charge in [0.25, 0.3) is 0 Å². The first-order chi connectivity index (χ1) is 11.3. The molecule has 4 rings (SSSR count). The number of aromatic nitrogens is 1. The highest BCUT2D eigenvalue weighted by Gasteiger charge is 2.43. The van der Waals surface area contributed by atoms with Crippen molar-refractivity contribution in [2.45, 2.75) is 30.8 Å². The van der Waals surface area contributed by atoms with E-state index in [0.717, 1.165) is 39.0 Å². The van der Waals surface area contributed by atoms with Crippen molar-refractivity contribution in [1.29, 1.82) is 0 Å². The number of pyridine rings is 1. The Labute approximate surface area is 136 Å². The number of piperidine rings is 1. The van der Waals surface area contributed by atoms with Gasteiger partial charge < -0.3 is 9.64 Å². The van der Waals surface area contributed by atoms with Crippen LogP contribution in [-0.2, 0) is 4.74 Å². The Hall–Kier alpha value is -1.94. The van der Waals surface area contributed by atoms with E-state index in [9.17, 15) is 4.39 Å². The number of benzene rings is 1. The summed E-state index contributed by atoms with van der Waals surface area (Å²) in [5.41, 5.74) is 1.94. The van der Waals surface area contributed by atoms with Gasteiger partial charge in [-0.1, -0.05) is 18.2 Å². The highest BCUT2D eigenvalue weighted by molar-refractivity contribution is 5.48. The monoisotopic (exact) mass is 312 g/mol. The van der Waals surface area contributed by atoms with Crippen LogP contribution in [0.5, 0.6) is 0 Å². The molecular formula is C19H21FN2O. The van der Waals surface area contributed by atoms with E-state index in [0.29, 0.717) is 11.6 Å². The molecule has 120 valence electrons. The van der Waals surface area contributed by atoms with Crippen LogP contribution in [0.3, 0.4) is 0 Å². The Morgan fingerprint density at radius 1 is 1.13 bits per heavy atom. The zero-order valence-electron chi connectivity index (χ0n) is 13.1. The van der Waals surface area contributed by atoms with Gasteiger partial charge in [0.1, 0.15) is 5.82 Å². The Balaban J connectivity index is 1.43. The van der Waals surface area contributed by atoms with Gasteiger partial charge in [-0.05, 0) is 43.0 Å². The van der Waals surface area contributed by atoms with Gasteiger partial charge in [-0.15, -0.1) is 0 Å². The van der Waals surface area contributed by atoms with Crippen LogP contribution in [0, 0.1) is 5.82 Å². The lowest BCUT2D eigenvalue weighted by Crippen LogP contribution is -2.44. The molecule has 3 nitrogen and oxygen atoms in total. The minimum absolute atomic E-state index is 0.0394. The Morgan fingerprint density at radius 2 is 1.96 bits per heavy atom. The molecule has 2 fully saturated rings. The number of para-hydroxylation sites is 1. The molecule has 2 aromatic rings. The van der Waals surface area contributed by atoms with Gasteiger partial charge >= 0.3 is 0 Å². The summed E-state index contributed by atoms with van der Waals surface area (Å²) < 4.78 is 20.2. The molecule has 3 heterocycles. The predicted octanol–water partition coefficient (Wildman–Crippen LogP) is 3.76. The number of nitrogens with zero attached hydrogens (tertiary/aromatic N) is 2. The molecule has 0 radical (unpaired) electrons. The molecule has 23 heavy (non-hydrogen) atoms. The third-order valence-electron chi connectivity index (χ3n) is 5.23. The van der Waals surface area contributed by atoms with E-state index in [1.807, 2.05) is 30.6 Å². The summed E-state index contributed by atoms with van der Waals surface area (Å²) >= 11 is 0. The predicted molar refractivity (Wildman–Crippen MR) is 88.1 cm³/mol. The number of hydrogen-bond donors (Lipinski definition) is 0. The molecule has 0 N–H and O–H groups in total. The second-order valence-corrected chi connectivity index (χ2v) is 6.62. The fourth-order valence-electron chi connectivity index (χ4n) is 3.89. The summed E-state index contributed by atoms with van der Waals surface area (Å²) in [6.45, 7) is 2.47. The molecule has 0 unspecified atom stereocenters. The number of ether oxygens (including phenoxy) is 1. The van der Waals surface area contributed by atoms with Crippen LogP contribution in [0.2, 0.25) is 0 Å². The summed E-state index contributed by atoms with van der Waals surface area (Å²) in [6, 6.07) is 11.2. The lowest BCUT2D eigenvalue weighted by atomic mass is 9.83. The van der Waals surface area contributed by atoms with Crippen LogP contribution < -0.4 is 4.90 Å². The molecular weight excluding hydrogens is 291 g/mol. The summed E-state index contributed by atoms with van der Waals surface area (Å²) in [4.78, 5) is 6.36. The number of hydrogen-bond acceptors (Lipinski definition) is 3. The first-order valence-electron chi connectivity index (χ1n) is 8.29. The molecule has 4 heteroatoms. The minimum atomic E-state index is -0.135. The lowest BCUT2D eigenvalue weighted by molar-refractivity contribution is -0.0149. The second kappa shape index (κ2) is 5.93. The van der Waals surface area contributed by atoms with Crippen molar-refractivity contribution in [2.24, 2.45) is 0 Å². The van der Waals surface area contributed by atoms with Gasteiger partial charge in [0.2, 0.25) is 0 Å². The molecule has 0 saturated carbocycles. The maximum atomic E-state index is 13.9. The molecule has 1 spiro atoms. The van der Waals surface area contributed by atoms with Crippen molar-refractivity contribution in [3.63, 3.8) is 0 Å². The molecule has 0 amide bonds. The van der Waals surface area contributed by atoms with Crippen LogP contribution in [0.15, 0.2) is 48.8 Å². The third-order valence-corrected chi connectivity index (χ3v) is 5.23. The summed E-state index contributed by atoms with van der Waals surface area (Å²) in [5, 5.41) is 0. The average molecular weight is 312 g/mol. The smallest absolute Gasteiger partial charge is 0.146 e. The molecule has 2 aliphatic heterocycles. The van der Waals surface area contributed by atoms with Crippen LogP contribution in [-0.4, -0.2) is 30.3 Å². The molecule has 1 atom stereocenters. The Kier molecular flexibility index (Phi) is 3.77. The largest absolute Gasteiger partial charge is 0.374 e. The number of rotatable bonds is 2. The number of halogens is 1. The SMILES string of the molecule is Fc1ccccc1N1CCC2(CC1)C[C@@H](c1cccnc1)CO2. The highest BCUT2D eigenvalue weighted by Crippen LogP contribution is 2.43. The summed E-state index contributed by atoms with van der Waals surface area (Å²) in [5.74, 6) is 0.299. The summed E-state index contributed by atoms with van der Waals surface area (Å²) in [6.07, 6.45) is 6.71. The average Bonchev–Trinajstić information content (AvgIpc) is 3.01. The minimum Gasteiger partial charge on any atom is -0.374 e. The molecule has 2 saturated heterocycles. The maximum Gasteiger partial charge on any atom is 0.146 e. The van der Waals surface area contributed by atoms with Crippen molar-refractivity contribution in [3.05, 3.63) is 60.2 Å². The van der Waals surface area contributed by atoms with Gasteiger partial charge in [0.05, 0.1) is 17.9 Å². The standard InChI is InChI=1S/C19H21FN2O/c20-17-5-1-2-6-18(17)22-10-7-19(8-11-22)12-16(14-23-19)15-4-3-9-21-13-15/h1-6,9,13,16H,7-8,10-12,14H2/t16-/m1/s1. The van der Waals surface area contributed by atoms with E-state index in [1.165, 1.54) is 11.6 Å². The van der Waals surface area contributed by atoms with Gasteiger partial charge in [-0.25, -0.2) is 4.39 Å². The Bertz CT molecular complexity index is 668. The van der Waals surface area contributed by atoms with E-state index in [4.69, 9.17) is 4.74 Å². The zero-order chi connectivity index (χ0) is 15.7. The van der Waals surface area contributed by atoms with Crippen molar-refractivity contribution in [2.75, 3.05) is 24.6 Å². The van der Waals surface area contributed by atoms with E-state index in [-0.39, 0.29) is 11.4 Å². The van der Waals surface area contributed by atoms with Crippen molar-refractivity contribution in [1.82, 2.24) is 4.98 Å². The fraction of sp³-hybridized carbons (Fsp3) is 0.421. The molecule has 2 aliphatic rings. The highest BCUT2D eigenvalue weighted by atomic mass is 19.1. The topological polar surface area (TPSA) is 25.4 Å². The van der Waals surface area contributed by atoms with Crippen LogP contribution in [0.4, 0.5) is 10.1 Å². The quantitative estimate of drug-likeness (QED) is 0.844. The third kappa shape index (κ3) is 2.83. The van der Waals surface area contributed by atoms with Gasteiger partial charge in [0, 0.05) is 31.4 Å². The van der Waals surface area contributed by atoms with Gasteiger partial charge in [-0.2, -0.15) is 0 Å². The van der Waals surface area contributed by atoms with Crippen LogP contribution in [0.25, 0.3) is 0 Å². The zero-order valence-corrected chi connectivity index (χ0v) is 13.1. The van der Waals surface area contributed by atoms with Gasteiger partial charge in [-0.3, -0.25) is 4.98 Å².